The molecule has 122 valence electrons. The molecule has 1 amide bonds. The van der Waals surface area contributed by atoms with Gasteiger partial charge in [0, 0.05) is 10.7 Å². The van der Waals surface area contributed by atoms with E-state index in [1.165, 1.54) is 0 Å². The molecule has 0 aliphatic rings. The molecule has 0 fully saturated rings. The third-order valence-corrected chi connectivity index (χ3v) is 3.37. The molecule has 2 aromatic carbocycles. The minimum atomic E-state index is -0.235. The largest absolute Gasteiger partial charge is 0.490 e. The number of rotatable bonds is 7. The van der Waals surface area contributed by atoms with Gasteiger partial charge in [0.15, 0.2) is 18.1 Å². The lowest BCUT2D eigenvalue weighted by atomic mass is 10.2. The van der Waals surface area contributed by atoms with Crippen molar-refractivity contribution in [3.05, 3.63) is 53.1 Å². The Labute approximate surface area is 141 Å². The summed E-state index contributed by atoms with van der Waals surface area (Å²) < 4.78 is 11.2. The highest BCUT2D eigenvalue weighted by atomic mass is 35.5. The Balaban J connectivity index is 1.94. The highest BCUT2D eigenvalue weighted by molar-refractivity contribution is 6.30. The molecule has 23 heavy (non-hydrogen) atoms. The van der Waals surface area contributed by atoms with E-state index in [1.807, 2.05) is 32.0 Å². The number of amides is 1. The number of nitrogens with one attached hydrogen (secondary N) is 1. The van der Waals surface area contributed by atoms with E-state index in [2.05, 4.69) is 5.32 Å². The maximum atomic E-state index is 12.0. The quantitative estimate of drug-likeness (QED) is 0.814. The molecule has 2 rings (SSSR count). The molecular weight excluding hydrogens is 314 g/mol. The van der Waals surface area contributed by atoms with Gasteiger partial charge in [-0.25, -0.2) is 0 Å². The van der Waals surface area contributed by atoms with Crippen LogP contribution in [0.2, 0.25) is 5.02 Å². The van der Waals surface area contributed by atoms with Crippen LogP contribution in [-0.2, 0) is 4.79 Å². The molecule has 0 bridgehead atoms. The van der Waals surface area contributed by atoms with Crippen molar-refractivity contribution < 1.29 is 14.3 Å². The second-order valence-corrected chi connectivity index (χ2v) is 5.53. The van der Waals surface area contributed by atoms with E-state index in [4.69, 9.17) is 21.1 Å². The number of benzene rings is 2. The third-order valence-electron chi connectivity index (χ3n) is 3.13. The first-order chi connectivity index (χ1) is 11.1. The molecule has 0 atom stereocenters. The summed E-state index contributed by atoms with van der Waals surface area (Å²) in [6.07, 6.45) is 0.907. The van der Waals surface area contributed by atoms with Crippen LogP contribution in [0.1, 0.15) is 18.9 Å². The van der Waals surface area contributed by atoms with Gasteiger partial charge < -0.3 is 14.8 Å². The fourth-order valence-corrected chi connectivity index (χ4v) is 2.22. The Morgan fingerprint density at radius 2 is 1.83 bits per heavy atom. The van der Waals surface area contributed by atoms with Gasteiger partial charge in [-0.3, -0.25) is 4.79 Å². The van der Waals surface area contributed by atoms with Crippen LogP contribution < -0.4 is 14.8 Å². The smallest absolute Gasteiger partial charge is 0.262 e. The van der Waals surface area contributed by atoms with Gasteiger partial charge in [-0.1, -0.05) is 30.7 Å². The highest BCUT2D eigenvalue weighted by Crippen LogP contribution is 2.26. The van der Waals surface area contributed by atoms with Crippen molar-refractivity contribution in [2.45, 2.75) is 20.3 Å². The zero-order valence-corrected chi connectivity index (χ0v) is 14.0. The molecule has 0 aliphatic heterocycles. The number of hydrogen-bond donors (Lipinski definition) is 1. The van der Waals surface area contributed by atoms with E-state index >= 15 is 0 Å². The summed E-state index contributed by atoms with van der Waals surface area (Å²) in [6, 6.07) is 12.6. The van der Waals surface area contributed by atoms with Crippen molar-refractivity contribution in [1.82, 2.24) is 0 Å². The lowest BCUT2D eigenvalue weighted by Gasteiger charge is -2.13. The second kappa shape index (κ2) is 8.44. The number of para-hydroxylation sites is 2. The molecule has 0 saturated heterocycles. The van der Waals surface area contributed by atoms with Crippen molar-refractivity contribution in [2.24, 2.45) is 0 Å². The molecular formula is C18H20ClNO3. The number of aryl methyl sites for hydroxylation is 1. The summed E-state index contributed by atoms with van der Waals surface area (Å²) in [5, 5.41) is 3.44. The molecule has 0 saturated carbocycles. The monoisotopic (exact) mass is 333 g/mol. The predicted molar refractivity (Wildman–Crippen MR) is 92.5 cm³/mol. The van der Waals surface area contributed by atoms with Crippen molar-refractivity contribution in [3.63, 3.8) is 0 Å². The van der Waals surface area contributed by atoms with Gasteiger partial charge >= 0.3 is 0 Å². The first-order valence-electron chi connectivity index (χ1n) is 7.50. The van der Waals surface area contributed by atoms with Crippen LogP contribution >= 0.6 is 11.6 Å². The zero-order chi connectivity index (χ0) is 16.7. The maximum absolute atomic E-state index is 12.0. The molecule has 0 radical (unpaired) electrons. The number of ether oxygens (including phenoxy) is 2. The molecule has 0 spiro atoms. The van der Waals surface area contributed by atoms with Crippen LogP contribution in [0.4, 0.5) is 5.69 Å². The van der Waals surface area contributed by atoms with Crippen LogP contribution in [0.15, 0.2) is 42.5 Å². The van der Waals surface area contributed by atoms with Gasteiger partial charge in [-0.05, 0) is 49.2 Å². The molecule has 0 heterocycles. The van der Waals surface area contributed by atoms with E-state index in [0.717, 1.165) is 17.7 Å². The van der Waals surface area contributed by atoms with E-state index in [9.17, 15) is 4.79 Å². The number of carbonyl (C=O) groups is 1. The third kappa shape index (κ3) is 5.18. The second-order valence-electron chi connectivity index (χ2n) is 5.09. The van der Waals surface area contributed by atoms with Crippen LogP contribution in [0.3, 0.4) is 0 Å². The first kappa shape index (κ1) is 17.2. The lowest BCUT2D eigenvalue weighted by molar-refractivity contribution is -0.118. The van der Waals surface area contributed by atoms with Gasteiger partial charge in [0.25, 0.3) is 5.91 Å². The van der Waals surface area contributed by atoms with Gasteiger partial charge in [-0.2, -0.15) is 0 Å². The zero-order valence-electron chi connectivity index (χ0n) is 13.3. The standard InChI is InChI=1S/C18H20ClNO3/c1-3-10-22-16-6-4-5-7-17(16)23-12-18(21)20-15-9-8-14(19)11-13(15)2/h4-9,11H,3,10,12H2,1-2H3,(H,20,21). The first-order valence-corrected chi connectivity index (χ1v) is 7.88. The Kier molecular flexibility index (Phi) is 6.29. The van der Waals surface area contributed by atoms with Gasteiger partial charge in [0.05, 0.1) is 6.61 Å². The lowest BCUT2D eigenvalue weighted by Crippen LogP contribution is -2.20. The van der Waals surface area contributed by atoms with Crippen LogP contribution in [0, 0.1) is 6.92 Å². The van der Waals surface area contributed by atoms with Gasteiger partial charge in [0.2, 0.25) is 0 Å². The van der Waals surface area contributed by atoms with E-state index in [1.54, 1.807) is 24.3 Å². The fourth-order valence-electron chi connectivity index (χ4n) is 2.00. The fraction of sp³-hybridized carbons (Fsp3) is 0.278. The molecule has 5 heteroatoms. The topological polar surface area (TPSA) is 47.6 Å². The van der Waals surface area contributed by atoms with Crippen LogP contribution in [-0.4, -0.2) is 19.1 Å². The molecule has 0 unspecified atom stereocenters. The summed E-state index contributed by atoms with van der Waals surface area (Å²) in [4.78, 5) is 12.0. The Morgan fingerprint density at radius 1 is 1.13 bits per heavy atom. The molecule has 1 N–H and O–H groups in total. The normalized spacial score (nSPS) is 10.2. The van der Waals surface area contributed by atoms with Gasteiger partial charge in [0.1, 0.15) is 0 Å². The van der Waals surface area contributed by atoms with Crippen molar-refractivity contribution in [2.75, 3.05) is 18.5 Å². The van der Waals surface area contributed by atoms with Crippen molar-refractivity contribution in [3.8, 4) is 11.5 Å². The maximum Gasteiger partial charge on any atom is 0.262 e. The van der Waals surface area contributed by atoms with E-state index in [-0.39, 0.29) is 12.5 Å². The number of halogens is 1. The van der Waals surface area contributed by atoms with Crippen molar-refractivity contribution in [1.29, 1.82) is 0 Å². The van der Waals surface area contributed by atoms with E-state index in [0.29, 0.717) is 23.1 Å². The summed E-state index contributed by atoms with van der Waals surface area (Å²) in [7, 11) is 0. The van der Waals surface area contributed by atoms with Gasteiger partial charge in [-0.15, -0.1) is 0 Å². The molecule has 2 aromatic rings. The summed E-state index contributed by atoms with van der Waals surface area (Å²) >= 11 is 5.90. The number of hydrogen-bond acceptors (Lipinski definition) is 3. The Bertz CT molecular complexity index is 673. The minimum Gasteiger partial charge on any atom is -0.490 e. The van der Waals surface area contributed by atoms with E-state index < -0.39 is 0 Å². The molecule has 0 aromatic heterocycles. The molecule has 0 aliphatic carbocycles. The summed E-state index contributed by atoms with van der Waals surface area (Å²) in [5.74, 6) is 0.967. The average Bonchev–Trinajstić information content (AvgIpc) is 2.54. The Morgan fingerprint density at radius 3 is 2.48 bits per heavy atom. The van der Waals surface area contributed by atoms with Crippen molar-refractivity contribution >= 4 is 23.2 Å². The predicted octanol–water partition coefficient (Wildman–Crippen LogP) is 4.45. The highest BCUT2D eigenvalue weighted by Gasteiger charge is 2.09. The number of anilines is 1. The summed E-state index contributed by atoms with van der Waals surface area (Å²) in [6.45, 7) is 4.44. The van der Waals surface area contributed by atoms with Crippen LogP contribution in [0.5, 0.6) is 11.5 Å². The molecule has 4 nitrogen and oxygen atoms in total. The summed E-state index contributed by atoms with van der Waals surface area (Å²) in [5.41, 5.74) is 1.62. The SMILES string of the molecule is CCCOc1ccccc1OCC(=O)Nc1ccc(Cl)cc1C. The Hall–Kier alpha value is -2.20. The average molecular weight is 334 g/mol. The minimum absolute atomic E-state index is 0.0887. The van der Waals surface area contributed by atoms with Crippen LogP contribution in [0.25, 0.3) is 0 Å². The number of carbonyl (C=O) groups excluding carboxylic acids is 1.